The fraction of sp³-hybridized carbons (Fsp3) is 0.353. The highest BCUT2D eigenvalue weighted by Crippen LogP contribution is 2.43. The van der Waals surface area contributed by atoms with Gasteiger partial charge >= 0.3 is 0 Å². The lowest BCUT2D eigenvalue weighted by Crippen LogP contribution is -2.41. The summed E-state index contributed by atoms with van der Waals surface area (Å²) in [5, 5.41) is 4.15. The number of benzene rings is 3. The van der Waals surface area contributed by atoms with Crippen LogP contribution in [-0.4, -0.2) is 68.4 Å². The molecule has 0 radical (unpaired) electrons. The Bertz CT molecular complexity index is 1600. The molecule has 15 nitrogen and oxygen atoms in total. The molecule has 0 saturated carbocycles. The van der Waals surface area contributed by atoms with Crippen LogP contribution >= 0.6 is 0 Å². The van der Waals surface area contributed by atoms with Crippen LogP contribution in [0.5, 0.6) is 46.0 Å². The molecule has 0 aromatic heterocycles. The van der Waals surface area contributed by atoms with Crippen LogP contribution in [0.4, 0.5) is 5.69 Å². The van der Waals surface area contributed by atoms with Gasteiger partial charge in [-0.25, -0.2) is 5.84 Å². The van der Waals surface area contributed by atoms with Gasteiger partial charge in [-0.1, -0.05) is 6.07 Å². The monoisotopic (exact) mass is 682 g/mol. The van der Waals surface area contributed by atoms with Crippen molar-refractivity contribution in [2.24, 2.45) is 17.5 Å². The Kier molecular flexibility index (Phi) is 12.5. The molecule has 0 fully saturated rings. The summed E-state index contributed by atoms with van der Waals surface area (Å²) in [5.41, 5.74) is 8.30. The maximum atomic E-state index is 13.2. The molecule has 2 atom stereocenters. The molecule has 5 N–H and O–H groups in total. The number of aryl methyl sites for hydroxylation is 1. The van der Waals surface area contributed by atoms with E-state index in [1.165, 1.54) is 32.5 Å². The fourth-order valence-corrected chi connectivity index (χ4v) is 5.55. The predicted molar refractivity (Wildman–Crippen MR) is 178 cm³/mol. The summed E-state index contributed by atoms with van der Waals surface area (Å²) in [6, 6.07) is 12.0. The summed E-state index contributed by atoms with van der Waals surface area (Å²) in [6.45, 7) is 0.669. The maximum absolute atomic E-state index is 13.2. The number of carbonyl (C=O) groups excluding carboxylic acids is 2. The first-order valence-corrected chi connectivity index (χ1v) is 15.1. The average Bonchev–Trinajstić information content (AvgIpc) is 3.60. The number of ether oxygens (including phenoxy) is 9. The van der Waals surface area contributed by atoms with E-state index in [-0.39, 0.29) is 25.0 Å². The molecule has 3 aromatic rings. The smallest absolute Gasteiger partial charge is 0.293 e. The number of anilines is 1. The molecule has 3 aromatic carbocycles. The van der Waals surface area contributed by atoms with E-state index in [1.807, 2.05) is 30.3 Å². The van der Waals surface area contributed by atoms with E-state index in [4.69, 9.17) is 54.2 Å². The largest absolute Gasteiger partial charge is 0.493 e. The van der Waals surface area contributed by atoms with Crippen molar-refractivity contribution in [1.29, 1.82) is 0 Å². The van der Waals surface area contributed by atoms with Crippen molar-refractivity contribution in [3.8, 4) is 46.0 Å². The molecule has 1 amide bonds. The van der Waals surface area contributed by atoms with Crippen LogP contribution < -0.4 is 59.8 Å². The highest BCUT2D eigenvalue weighted by atomic mass is 16.7. The van der Waals surface area contributed by atoms with Gasteiger partial charge in [0.15, 0.2) is 34.5 Å². The molecule has 1 aliphatic carbocycles. The summed E-state index contributed by atoms with van der Waals surface area (Å²) in [5.74, 6) is 9.89. The molecule has 0 bridgehead atoms. The number of amides is 1. The quantitative estimate of drug-likeness (QED) is 0.103. The van der Waals surface area contributed by atoms with Gasteiger partial charge in [-0.05, 0) is 48.2 Å². The van der Waals surface area contributed by atoms with E-state index in [0.29, 0.717) is 64.6 Å². The third-order valence-corrected chi connectivity index (χ3v) is 7.97. The zero-order chi connectivity index (χ0) is 35.5. The van der Waals surface area contributed by atoms with E-state index in [2.05, 4.69) is 5.32 Å². The number of para-hydroxylation sites is 1. The molecule has 1 heterocycles. The van der Waals surface area contributed by atoms with E-state index < -0.39 is 11.9 Å². The van der Waals surface area contributed by atoms with Crippen LogP contribution in [0.2, 0.25) is 0 Å². The Labute approximate surface area is 284 Å². The van der Waals surface area contributed by atoms with Crippen LogP contribution in [0, 0.1) is 5.92 Å². The highest BCUT2D eigenvalue weighted by molar-refractivity contribution is 5.93. The number of nitrogens with zero attached hydrogens (tertiary/aromatic N) is 1. The second kappa shape index (κ2) is 16.9. The first-order valence-electron chi connectivity index (χ1n) is 15.1. The Balaban J connectivity index is 0.000000380. The first-order chi connectivity index (χ1) is 23.7. The Morgan fingerprint density at radius 1 is 0.878 bits per heavy atom. The zero-order valence-corrected chi connectivity index (χ0v) is 28.3. The molecular weight excluding hydrogens is 640 g/mol. The van der Waals surface area contributed by atoms with Gasteiger partial charge in [0.1, 0.15) is 5.70 Å². The number of hydrogen-bond acceptors (Lipinski definition) is 14. The number of hydrazine groups is 1. The van der Waals surface area contributed by atoms with Gasteiger partial charge in [0.05, 0.1) is 61.0 Å². The van der Waals surface area contributed by atoms with Crippen molar-refractivity contribution >= 4 is 18.1 Å². The standard InChI is InChI=1S/C25H30N4O8.C9H12O3/c1-32-21-7-16(8-22(33-2)24(21)34-3)29(27)10-18(26)25(31)28-23-15(11-35-12-30)5-4-14-6-19-20(9-17(14)23)37-13-36-19;1-10-7-5-4-6-8(11-2)9(7)12-3/h6-10,12,15,23H,4-5,11,13,26-27H2,1-3H3,(H,28,31);4-6H,1-3H3/b18-10-;. The van der Waals surface area contributed by atoms with Crippen molar-refractivity contribution in [2.75, 3.05) is 61.1 Å². The summed E-state index contributed by atoms with van der Waals surface area (Å²) < 4.78 is 47.4. The van der Waals surface area contributed by atoms with E-state index >= 15 is 0 Å². The highest BCUT2D eigenvalue weighted by Gasteiger charge is 2.34. The normalized spacial score (nSPS) is 15.8. The van der Waals surface area contributed by atoms with Crippen LogP contribution in [0.3, 0.4) is 0 Å². The summed E-state index contributed by atoms with van der Waals surface area (Å²) in [6.07, 6.45) is 2.70. The molecule has 0 saturated heterocycles. The minimum Gasteiger partial charge on any atom is -0.493 e. The molecule has 1 aliphatic heterocycles. The molecule has 0 spiro atoms. The van der Waals surface area contributed by atoms with Crippen molar-refractivity contribution < 1.29 is 52.2 Å². The van der Waals surface area contributed by atoms with Crippen LogP contribution in [0.25, 0.3) is 0 Å². The number of nitrogens with two attached hydrogens (primary N) is 2. The number of hydrogen-bond donors (Lipinski definition) is 3. The van der Waals surface area contributed by atoms with Gasteiger partial charge in [0.25, 0.3) is 12.4 Å². The van der Waals surface area contributed by atoms with Gasteiger partial charge < -0.3 is 53.7 Å². The van der Waals surface area contributed by atoms with Crippen molar-refractivity contribution in [3.05, 3.63) is 65.5 Å². The Morgan fingerprint density at radius 2 is 1.45 bits per heavy atom. The van der Waals surface area contributed by atoms with Crippen LogP contribution in [0.15, 0.2) is 54.4 Å². The van der Waals surface area contributed by atoms with E-state index in [9.17, 15) is 9.59 Å². The van der Waals surface area contributed by atoms with E-state index in [1.54, 1.807) is 33.5 Å². The Morgan fingerprint density at radius 3 is 2.00 bits per heavy atom. The maximum Gasteiger partial charge on any atom is 0.293 e. The third kappa shape index (κ3) is 8.24. The van der Waals surface area contributed by atoms with Crippen molar-refractivity contribution in [2.45, 2.75) is 18.9 Å². The number of fused-ring (bicyclic) bond motifs is 2. The van der Waals surface area contributed by atoms with E-state index in [0.717, 1.165) is 17.5 Å². The topological polar surface area (TPSA) is 185 Å². The van der Waals surface area contributed by atoms with Crippen LogP contribution in [0.1, 0.15) is 23.6 Å². The molecule has 15 heteroatoms. The van der Waals surface area contributed by atoms with Gasteiger partial charge in [0.2, 0.25) is 18.3 Å². The lowest BCUT2D eigenvalue weighted by Gasteiger charge is -2.34. The van der Waals surface area contributed by atoms with Gasteiger partial charge in [-0.3, -0.25) is 14.6 Å². The summed E-state index contributed by atoms with van der Waals surface area (Å²) in [4.78, 5) is 24.0. The van der Waals surface area contributed by atoms with Crippen molar-refractivity contribution in [1.82, 2.24) is 5.32 Å². The lowest BCUT2D eigenvalue weighted by atomic mass is 9.79. The van der Waals surface area contributed by atoms with Crippen molar-refractivity contribution in [3.63, 3.8) is 0 Å². The second-order valence-electron chi connectivity index (χ2n) is 10.7. The summed E-state index contributed by atoms with van der Waals surface area (Å²) >= 11 is 0. The third-order valence-electron chi connectivity index (χ3n) is 7.97. The lowest BCUT2D eigenvalue weighted by molar-refractivity contribution is -0.130. The molecular formula is C34H42N4O11. The second-order valence-corrected chi connectivity index (χ2v) is 10.7. The Hall–Kier alpha value is -5.70. The van der Waals surface area contributed by atoms with Crippen LogP contribution in [-0.2, 0) is 20.7 Å². The summed E-state index contributed by atoms with van der Waals surface area (Å²) in [7, 11) is 9.24. The van der Waals surface area contributed by atoms with Gasteiger partial charge in [-0.2, -0.15) is 0 Å². The van der Waals surface area contributed by atoms with Gasteiger partial charge in [-0.15, -0.1) is 0 Å². The molecule has 2 unspecified atom stereocenters. The molecule has 2 aliphatic rings. The number of nitrogens with one attached hydrogen (secondary N) is 1. The molecule has 264 valence electrons. The first kappa shape index (κ1) is 36.1. The van der Waals surface area contributed by atoms with Gasteiger partial charge in [0, 0.05) is 24.3 Å². The minimum atomic E-state index is -0.547. The number of carbonyl (C=O) groups is 2. The zero-order valence-electron chi connectivity index (χ0n) is 28.3. The molecule has 5 rings (SSSR count). The number of methoxy groups -OCH3 is 6. The molecule has 49 heavy (non-hydrogen) atoms. The average molecular weight is 683 g/mol. The predicted octanol–water partition coefficient (Wildman–Crippen LogP) is 3.23. The fourth-order valence-electron chi connectivity index (χ4n) is 5.55. The minimum absolute atomic E-state index is 0.135. The number of rotatable bonds is 13. The SMILES string of the molecule is COc1cc(N(N)/C=C(\N)C(=O)NC2c3cc4c(cc3CCC2COC=O)OCO4)cc(OC)c1OC.COc1cccc(OC)c1OC.